The number of rotatable bonds is 8. The Labute approximate surface area is 107 Å². The van der Waals surface area contributed by atoms with Crippen LogP contribution in [-0.2, 0) is 0 Å². The van der Waals surface area contributed by atoms with Crippen LogP contribution in [0, 0.1) is 0 Å². The Kier molecular flexibility index (Phi) is 7.09. The summed E-state index contributed by atoms with van der Waals surface area (Å²) in [7, 11) is 0. The van der Waals surface area contributed by atoms with Gasteiger partial charge in [0.05, 0.1) is 6.10 Å². The second-order valence-electron chi connectivity index (χ2n) is 5.34. The molecule has 0 aromatic rings. The summed E-state index contributed by atoms with van der Waals surface area (Å²) in [6.45, 7) is 10.2. The summed E-state index contributed by atoms with van der Waals surface area (Å²) in [5.74, 6) is 0. The Morgan fingerprint density at radius 2 is 2.00 bits per heavy atom. The van der Waals surface area contributed by atoms with E-state index < -0.39 is 0 Å². The monoisotopic (exact) mass is 242 g/mol. The molecule has 1 rings (SSSR count). The molecule has 3 heteroatoms. The Hall–Kier alpha value is -0.120. The zero-order valence-electron chi connectivity index (χ0n) is 11.8. The van der Waals surface area contributed by atoms with Gasteiger partial charge in [0, 0.05) is 12.1 Å². The van der Waals surface area contributed by atoms with Gasteiger partial charge in [-0.15, -0.1) is 0 Å². The molecular weight excluding hydrogens is 212 g/mol. The van der Waals surface area contributed by atoms with Crippen LogP contribution in [-0.4, -0.2) is 47.8 Å². The summed E-state index contributed by atoms with van der Waals surface area (Å²) < 4.78 is 0. The molecule has 0 aliphatic heterocycles. The van der Waals surface area contributed by atoms with Crippen LogP contribution >= 0.6 is 0 Å². The number of hydrogen-bond acceptors (Lipinski definition) is 3. The molecule has 2 N–H and O–H groups in total. The van der Waals surface area contributed by atoms with Crippen LogP contribution in [0.5, 0.6) is 0 Å². The minimum Gasteiger partial charge on any atom is -0.392 e. The lowest BCUT2D eigenvalue weighted by molar-refractivity contribution is 0.142. The maximum Gasteiger partial charge on any atom is 0.0693 e. The van der Waals surface area contributed by atoms with Gasteiger partial charge in [-0.25, -0.2) is 0 Å². The van der Waals surface area contributed by atoms with Crippen molar-refractivity contribution in [3.05, 3.63) is 0 Å². The fourth-order valence-electron chi connectivity index (χ4n) is 2.74. The van der Waals surface area contributed by atoms with Crippen LogP contribution in [0.15, 0.2) is 0 Å². The van der Waals surface area contributed by atoms with Gasteiger partial charge >= 0.3 is 0 Å². The maximum absolute atomic E-state index is 9.76. The van der Waals surface area contributed by atoms with E-state index in [1.54, 1.807) is 0 Å². The van der Waals surface area contributed by atoms with Crippen molar-refractivity contribution < 1.29 is 5.11 Å². The third-order valence-electron chi connectivity index (χ3n) is 3.98. The fraction of sp³-hybridized carbons (Fsp3) is 1.00. The smallest absolute Gasteiger partial charge is 0.0693 e. The topological polar surface area (TPSA) is 35.5 Å². The minimum absolute atomic E-state index is 0.111. The molecule has 0 amide bonds. The highest BCUT2D eigenvalue weighted by Gasteiger charge is 2.25. The summed E-state index contributed by atoms with van der Waals surface area (Å²) in [4.78, 5) is 2.47. The van der Waals surface area contributed by atoms with Crippen molar-refractivity contribution in [2.45, 2.75) is 71.1 Å². The van der Waals surface area contributed by atoms with E-state index in [0.29, 0.717) is 12.1 Å². The molecule has 0 aromatic carbocycles. The highest BCUT2D eigenvalue weighted by Crippen LogP contribution is 2.19. The van der Waals surface area contributed by atoms with Crippen LogP contribution in [0.1, 0.15) is 52.9 Å². The number of hydrogen-bond donors (Lipinski definition) is 2. The standard InChI is InChI=1S/C14H30N2O/c1-4-16(5-2)11-7-8-12(3)15-13-9-6-10-14(13)17/h12-15,17H,4-11H2,1-3H3. The van der Waals surface area contributed by atoms with Gasteiger partial charge in [-0.3, -0.25) is 0 Å². The van der Waals surface area contributed by atoms with Crippen molar-refractivity contribution in [2.24, 2.45) is 0 Å². The van der Waals surface area contributed by atoms with Gasteiger partial charge in [0.25, 0.3) is 0 Å². The summed E-state index contributed by atoms with van der Waals surface area (Å²) >= 11 is 0. The first-order valence-corrected chi connectivity index (χ1v) is 7.33. The van der Waals surface area contributed by atoms with E-state index >= 15 is 0 Å². The average molecular weight is 242 g/mol. The normalized spacial score (nSPS) is 26.6. The van der Waals surface area contributed by atoms with Crippen molar-refractivity contribution in [3.63, 3.8) is 0 Å². The SMILES string of the molecule is CCN(CC)CCCC(C)NC1CCCC1O. The zero-order valence-corrected chi connectivity index (χ0v) is 11.8. The second-order valence-corrected chi connectivity index (χ2v) is 5.34. The van der Waals surface area contributed by atoms with Gasteiger partial charge in [-0.2, -0.15) is 0 Å². The van der Waals surface area contributed by atoms with Crippen molar-refractivity contribution in [3.8, 4) is 0 Å². The molecule has 0 bridgehead atoms. The third kappa shape index (κ3) is 5.36. The van der Waals surface area contributed by atoms with Crippen molar-refractivity contribution in [1.29, 1.82) is 0 Å². The Balaban J connectivity index is 2.10. The predicted molar refractivity (Wildman–Crippen MR) is 73.3 cm³/mol. The first-order valence-electron chi connectivity index (χ1n) is 7.33. The summed E-state index contributed by atoms with van der Waals surface area (Å²) in [6, 6.07) is 0.877. The molecule has 102 valence electrons. The number of aliphatic hydroxyl groups excluding tert-OH is 1. The quantitative estimate of drug-likeness (QED) is 0.683. The number of nitrogens with zero attached hydrogens (tertiary/aromatic N) is 1. The molecule has 3 atom stereocenters. The Bertz CT molecular complexity index is 195. The summed E-state index contributed by atoms with van der Waals surface area (Å²) in [5.41, 5.74) is 0. The summed E-state index contributed by atoms with van der Waals surface area (Å²) in [5, 5.41) is 13.3. The van der Waals surface area contributed by atoms with E-state index in [9.17, 15) is 5.11 Å². The maximum atomic E-state index is 9.76. The molecule has 0 saturated heterocycles. The Morgan fingerprint density at radius 3 is 2.53 bits per heavy atom. The molecule has 3 nitrogen and oxygen atoms in total. The van der Waals surface area contributed by atoms with E-state index in [2.05, 4.69) is 31.0 Å². The third-order valence-corrected chi connectivity index (χ3v) is 3.98. The number of nitrogens with one attached hydrogen (secondary N) is 1. The molecule has 0 spiro atoms. The average Bonchev–Trinajstić information content (AvgIpc) is 2.71. The molecule has 1 fully saturated rings. The van der Waals surface area contributed by atoms with E-state index in [-0.39, 0.29) is 6.10 Å². The van der Waals surface area contributed by atoms with Crippen molar-refractivity contribution in [2.75, 3.05) is 19.6 Å². The zero-order chi connectivity index (χ0) is 12.7. The van der Waals surface area contributed by atoms with E-state index in [4.69, 9.17) is 0 Å². The van der Waals surface area contributed by atoms with Gasteiger partial charge in [-0.1, -0.05) is 13.8 Å². The van der Waals surface area contributed by atoms with Gasteiger partial charge in [0.15, 0.2) is 0 Å². The second kappa shape index (κ2) is 8.06. The molecule has 3 unspecified atom stereocenters. The Morgan fingerprint density at radius 1 is 1.29 bits per heavy atom. The van der Waals surface area contributed by atoms with E-state index in [0.717, 1.165) is 25.9 Å². The fourth-order valence-corrected chi connectivity index (χ4v) is 2.74. The van der Waals surface area contributed by atoms with Crippen LogP contribution < -0.4 is 5.32 Å². The molecule has 1 aliphatic carbocycles. The van der Waals surface area contributed by atoms with Crippen LogP contribution in [0.2, 0.25) is 0 Å². The highest BCUT2D eigenvalue weighted by molar-refractivity contribution is 4.84. The summed E-state index contributed by atoms with van der Waals surface area (Å²) in [6.07, 6.45) is 5.63. The minimum atomic E-state index is -0.111. The van der Waals surface area contributed by atoms with Gasteiger partial charge < -0.3 is 15.3 Å². The van der Waals surface area contributed by atoms with Crippen molar-refractivity contribution >= 4 is 0 Å². The molecule has 17 heavy (non-hydrogen) atoms. The molecule has 1 aliphatic rings. The molecular formula is C14H30N2O. The van der Waals surface area contributed by atoms with Gasteiger partial charge in [-0.05, 0) is 58.7 Å². The van der Waals surface area contributed by atoms with E-state index in [1.165, 1.54) is 25.8 Å². The lowest BCUT2D eigenvalue weighted by Crippen LogP contribution is -2.41. The molecule has 1 saturated carbocycles. The first kappa shape index (κ1) is 14.9. The van der Waals surface area contributed by atoms with Crippen LogP contribution in [0.4, 0.5) is 0 Å². The van der Waals surface area contributed by atoms with E-state index in [1.807, 2.05) is 0 Å². The predicted octanol–water partition coefficient (Wildman–Crippen LogP) is 2.00. The highest BCUT2D eigenvalue weighted by atomic mass is 16.3. The van der Waals surface area contributed by atoms with Gasteiger partial charge in [0.2, 0.25) is 0 Å². The number of aliphatic hydroxyl groups is 1. The largest absolute Gasteiger partial charge is 0.392 e. The lowest BCUT2D eigenvalue weighted by Gasteiger charge is -2.23. The van der Waals surface area contributed by atoms with Gasteiger partial charge in [0.1, 0.15) is 0 Å². The first-order chi connectivity index (χ1) is 8.17. The molecule has 0 heterocycles. The lowest BCUT2D eigenvalue weighted by atomic mass is 10.1. The van der Waals surface area contributed by atoms with Crippen molar-refractivity contribution in [1.82, 2.24) is 10.2 Å². The molecule has 0 radical (unpaired) electrons. The van der Waals surface area contributed by atoms with Crippen LogP contribution in [0.25, 0.3) is 0 Å². The molecule has 0 aromatic heterocycles. The van der Waals surface area contributed by atoms with Crippen LogP contribution in [0.3, 0.4) is 0 Å².